The summed E-state index contributed by atoms with van der Waals surface area (Å²) in [7, 11) is 0. The van der Waals surface area contributed by atoms with E-state index in [1.807, 2.05) is 43.3 Å². The Bertz CT molecular complexity index is 1040. The summed E-state index contributed by atoms with van der Waals surface area (Å²) in [6, 6.07) is 13.1. The predicted octanol–water partition coefficient (Wildman–Crippen LogP) is 2.53. The van der Waals surface area contributed by atoms with Gasteiger partial charge in [-0.15, -0.1) is 0 Å². The third-order valence-corrected chi connectivity index (χ3v) is 4.55. The molecule has 0 radical (unpaired) electrons. The second-order valence-electron chi connectivity index (χ2n) is 6.41. The Kier molecular flexibility index (Phi) is 4.16. The van der Waals surface area contributed by atoms with Crippen LogP contribution in [-0.2, 0) is 22.6 Å². The summed E-state index contributed by atoms with van der Waals surface area (Å²) >= 11 is 0. The number of nitrogens with one attached hydrogen (secondary N) is 1. The average molecular weight is 350 g/mol. The number of ether oxygens (including phenoxy) is 2. The fourth-order valence-electron chi connectivity index (χ4n) is 3.16. The highest BCUT2D eigenvalue weighted by atomic mass is 16.5. The SMILES string of the molecule is Cc1cccc2c(=O)[nH]c(COC(=O)[C@@H]3COc4ccccc4C3)nc12. The van der Waals surface area contributed by atoms with Gasteiger partial charge in [-0.1, -0.05) is 30.3 Å². The molecule has 3 aromatic rings. The zero-order valence-corrected chi connectivity index (χ0v) is 14.3. The minimum absolute atomic E-state index is 0.0729. The molecule has 0 amide bonds. The highest BCUT2D eigenvalue weighted by Crippen LogP contribution is 2.27. The van der Waals surface area contributed by atoms with Gasteiger partial charge in [0.25, 0.3) is 5.56 Å². The van der Waals surface area contributed by atoms with E-state index in [1.54, 1.807) is 6.07 Å². The summed E-state index contributed by atoms with van der Waals surface area (Å²) in [5.74, 6) is 0.431. The Hall–Kier alpha value is -3.15. The fraction of sp³-hybridized carbons (Fsp3) is 0.250. The van der Waals surface area contributed by atoms with Crippen LogP contribution in [0.1, 0.15) is 17.0 Å². The average Bonchev–Trinajstić information content (AvgIpc) is 2.66. The summed E-state index contributed by atoms with van der Waals surface area (Å²) in [4.78, 5) is 31.7. The van der Waals surface area contributed by atoms with Gasteiger partial charge in [0.15, 0.2) is 0 Å². The Labute approximate surface area is 149 Å². The number of carbonyl (C=O) groups excluding carboxylic acids is 1. The predicted molar refractivity (Wildman–Crippen MR) is 96.0 cm³/mol. The molecule has 0 bridgehead atoms. The quantitative estimate of drug-likeness (QED) is 0.734. The van der Waals surface area contributed by atoms with Crippen LogP contribution in [0.3, 0.4) is 0 Å². The third-order valence-electron chi connectivity index (χ3n) is 4.55. The first-order valence-electron chi connectivity index (χ1n) is 8.47. The Morgan fingerprint density at radius 1 is 1.27 bits per heavy atom. The molecule has 0 saturated carbocycles. The van der Waals surface area contributed by atoms with Crippen molar-refractivity contribution in [3.8, 4) is 5.75 Å². The number of H-pyrrole nitrogens is 1. The number of benzene rings is 2. The number of aryl methyl sites for hydroxylation is 1. The highest BCUT2D eigenvalue weighted by molar-refractivity contribution is 5.80. The molecule has 6 nitrogen and oxygen atoms in total. The number of hydrogen-bond acceptors (Lipinski definition) is 5. The summed E-state index contributed by atoms with van der Waals surface area (Å²) < 4.78 is 11.0. The number of fused-ring (bicyclic) bond motifs is 2. The number of rotatable bonds is 3. The molecule has 1 aliphatic rings. The van der Waals surface area contributed by atoms with Gasteiger partial charge in [-0.05, 0) is 36.6 Å². The van der Waals surface area contributed by atoms with E-state index in [4.69, 9.17) is 9.47 Å². The Morgan fingerprint density at radius 3 is 3.00 bits per heavy atom. The van der Waals surface area contributed by atoms with Crippen molar-refractivity contribution in [2.45, 2.75) is 20.0 Å². The molecule has 1 aromatic heterocycles. The van der Waals surface area contributed by atoms with Gasteiger partial charge < -0.3 is 14.5 Å². The standard InChI is InChI=1S/C20H18N2O4/c1-12-5-4-7-15-18(12)21-17(22-19(15)23)11-26-20(24)14-9-13-6-2-3-8-16(13)25-10-14/h2-8,14H,9-11H2,1H3,(H,21,22,23)/t14-/m0/s1. The van der Waals surface area contributed by atoms with Gasteiger partial charge in [0, 0.05) is 0 Å². The van der Waals surface area contributed by atoms with Gasteiger partial charge in [0.05, 0.1) is 16.8 Å². The van der Waals surface area contributed by atoms with Crippen LogP contribution in [0.2, 0.25) is 0 Å². The molecule has 26 heavy (non-hydrogen) atoms. The molecule has 2 aromatic carbocycles. The molecule has 0 aliphatic carbocycles. The first-order chi connectivity index (χ1) is 12.6. The number of aromatic amines is 1. The summed E-state index contributed by atoms with van der Waals surface area (Å²) in [6.45, 7) is 2.11. The van der Waals surface area contributed by atoms with Gasteiger partial charge in [-0.25, -0.2) is 4.98 Å². The number of nitrogens with zero attached hydrogens (tertiary/aromatic N) is 1. The zero-order valence-electron chi connectivity index (χ0n) is 14.3. The molecule has 0 fully saturated rings. The molecule has 6 heteroatoms. The van der Waals surface area contributed by atoms with Crippen LogP contribution in [-0.4, -0.2) is 22.5 Å². The molecule has 132 valence electrons. The number of esters is 1. The lowest BCUT2D eigenvalue weighted by Gasteiger charge is -2.23. The van der Waals surface area contributed by atoms with E-state index in [0.29, 0.717) is 23.1 Å². The largest absolute Gasteiger partial charge is 0.492 e. The second-order valence-corrected chi connectivity index (χ2v) is 6.41. The first kappa shape index (κ1) is 16.3. The maximum atomic E-state index is 12.4. The van der Waals surface area contributed by atoms with Crippen LogP contribution in [0.15, 0.2) is 47.3 Å². The number of hydrogen-bond donors (Lipinski definition) is 1. The van der Waals surface area contributed by atoms with E-state index in [1.165, 1.54) is 0 Å². The lowest BCUT2D eigenvalue weighted by Crippen LogP contribution is -2.30. The minimum Gasteiger partial charge on any atom is -0.492 e. The molecule has 1 aliphatic heterocycles. The van der Waals surface area contributed by atoms with Gasteiger partial charge in [-0.2, -0.15) is 0 Å². The van der Waals surface area contributed by atoms with E-state index >= 15 is 0 Å². The highest BCUT2D eigenvalue weighted by Gasteiger charge is 2.27. The maximum Gasteiger partial charge on any atom is 0.313 e. The van der Waals surface area contributed by atoms with E-state index in [0.717, 1.165) is 16.9 Å². The van der Waals surface area contributed by atoms with Crippen molar-refractivity contribution in [3.63, 3.8) is 0 Å². The molecule has 0 spiro atoms. The van der Waals surface area contributed by atoms with Crippen molar-refractivity contribution in [1.29, 1.82) is 0 Å². The number of carbonyl (C=O) groups is 1. The molecule has 2 heterocycles. The van der Waals surface area contributed by atoms with E-state index in [-0.39, 0.29) is 30.7 Å². The van der Waals surface area contributed by atoms with E-state index in [2.05, 4.69) is 9.97 Å². The van der Waals surface area contributed by atoms with Crippen LogP contribution in [0.5, 0.6) is 5.75 Å². The van der Waals surface area contributed by atoms with Crippen molar-refractivity contribution >= 4 is 16.9 Å². The van der Waals surface area contributed by atoms with Crippen LogP contribution in [0.25, 0.3) is 10.9 Å². The van der Waals surface area contributed by atoms with Crippen LogP contribution < -0.4 is 10.3 Å². The normalized spacial score (nSPS) is 16.0. The molecule has 4 rings (SSSR count). The molecular weight excluding hydrogens is 332 g/mol. The van der Waals surface area contributed by atoms with Crippen molar-refractivity contribution in [2.24, 2.45) is 5.92 Å². The van der Waals surface area contributed by atoms with Gasteiger partial charge in [0.1, 0.15) is 24.8 Å². The van der Waals surface area contributed by atoms with E-state index < -0.39 is 0 Å². The number of aromatic nitrogens is 2. The third kappa shape index (κ3) is 3.06. The molecule has 0 unspecified atom stereocenters. The minimum atomic E-state index is -0.362. The van der Waals surface area contributed by atoms with Crippen LogP contribution in [0.4, 0.5) is 0 Å². The molecule has 0 saturated heterocycles. The zero-order chi connectivity index (χ0) is 18.1. The molecular formula is C20H18N2O4. The first-order valence-corrected chi connectivity index (χ1v) is 8.47. The second kappa shape index (κ2) is 6.63. The van der Waals surface area contributed by atoms with Crippen molar-refractivity contribution in [3.05, 3.63) is 69.8 Å². The summed E-state index contributed by atoms with van der Waals surface area (Å²) in [5, 5.41) is 0.525. The van der Waals surface area contributed by atoms with Gasteiger partial charge >= 0.3 is 5.97 Å². The number of para-hydroxylation sites is 2. The van der Waals surface area contributed by atoms with Crippen LogP contribution >= 0.6 is 0 Å². The fourth-order valence-corrected chi connectivity index (χ4v) is 3.16. The van der Waals surface area contributed by atoms with E-state index in [9.17, 15) is 9.59 Å². The Morgan fingerprint density at radius 2 is 2.12 bits per heavy atom. The summed E-state index contributed by atoms with van der Waals surface area (Å²) in [6.07, 6.45) is 0.579. The van der Waals surface area contributed by atoms with Gasteiger partial charge in [0.2, 0.25) is 0 Å². The smallest absolute Gasteiger partial charge is 0.313 e. The van der Waals surface area contributed by atoms with Crippen molar-refractivity contribution in [2.75, 3.05) is 6.61 Å². The lowest BCUT2D eigenvalue weighted by atomic mass is 9.97. The van der Waals surface area contributed by atoms with Crippen LogP contribution in [0, 0.1) is 12.8 Å². The topological polar surface area (TPSA) is 81.3 Å². The van der Waals surface area contributed by atoms with Crippen molar-refractivity contribution < 1.29 is 14.3 Å². The lowest BCUT2D eigenvalue weighted by molar-refractivity contribution is -0.151. The monoisotopic (exact) mass is 350 g/mol. The molecule has 1 atom stereocenters. The summed E-state index contributed by atoms with van der Waals surface area (Å²) in [5.41, 5.74) is 2.28. The maximum absolute atomic E-state index is 12.4. The Balaban J connectivity index is 1.48. The van der Waals surface area contributed by atoms with Gasteiger partial charge in [-0.3, -0.25) is 9.59 Å². The van der Waals surface area contributed by atoms with Crippen molar-refractivity contribution in [1.82, 2.24) is 9.97 Å². The molecule has 1 N–H and O–H groups in total.